The molecule has 176 valence electrons. The Morgan fingerprint density at radius 3 is 2.41 bits per heavy atom. The van der Waals surface area contributed by atoms with E-state index in [1.807, 2.05) is 55.5 Å². The number of hydrogen-bond acceptors (Lipinski definition) is 6. The van der Waals surface area contributed by atoms with Gasteiger partial charge in [-0.2, -0.15) is 0 Å². The van der Waals surface area contributed by atoms with E-state index in [0.29, 0.717) is 37.1 Å². The van der Waals surface area contributed by atoms with Gasteiger partial charge in [0.2, 0.25) is 11.8 Å². The van der Waals surface area contributed by atoms with Gasteiger partial charge in [0, 0.05) is 32.5 Å². The summed E-state index contributed by atoms with van der Waals surface area (Å²) in [7, 11) is 1.71. The molecule has 0 radical (unpaired) electrons. The number of rotatable bonds is 7. The number of fused-ring (bicyclic) bond motifs is 1. The Labute approximate surface area is 199 Å². The lowest BCUT2D eigenvalue weighted by Gasteiger charge is -2.27. The van der Waals surface area contributed by atoms with Gasteiger partial charge in [0.05, 0.1) is 11.4 Å². The largest absolute Gasteiger partial charge is 0.470 e. The minimum Gasteiger partial charge on any atom is -0.470 e. The van der Waals surface area contributed by atoms with Crippen molar-refractivity contribution >= 4 is 29.0 Å². The number of ether oxygens (including phenoxy) is 1. The van der Waals surface area contributed by atoms with E-state index in [2.05, 4.69) is 15.3 Å². The molecule has 2 amide bonds. The third-order valence-electron chi connectivity index (χ3n) is 5.97. The molecule has 34 heavy (non-hydrogen) atoms. The molecule has 3 aromatic rings. The number of anilines is 3. The molecule has 4 rings (SSSR count). The topological polar surface area (TPSA) is 87.7 Å². The second-order valence-electron chi connectivity index (χ2n) is 8.70. The molecular formula is C26H29N5O3. The van der Waals surface area contributed by atoms with Gasteiger partial charge in [-0.3, -0.25) is 9.59 Å². The van der Waals surface area contributed by atoms with E-state index in [0.717, 1.165) is 16.8 Å². The highest BCUT2D eigenvalue weighted by molar-refractivity contribution is 6.19. The zero-order valence-electron chi connectivity index (χ0n) is 19.9. The second-order valence-corrected chi connectivity index (χ2v) is 8.70. The van der Waals surface area contributed by atoms with Crippen LogP contribution in [0.1, 0.15) is 31.9 Å². The van der Waals surface area contributed by atoms with Crippen LogP contribution in [0.5, 0.6) is 5.88 Å². The third-order valence-corrected chi connectivity index (χ3v) is 5.97. The first-order valence-electron chi connectivity index (χ1n) is 11.3. The Bertz CT molecular complexity index is 1200. The molecule has 8 heteroatoms. The Hall–Kier alpha value is -3.94. The lowest BCUT2D eigenvalue weighted by molar-refractivity contribution is -0.137. The molecular weight excluding hydrogens is 430 g/mol. The number of carbonyl (C=O) groups excluding carboxylic acids is 2. The SMILES string of the molecule is CCN1C(=O)C(C)(C)C(=O)N(C)c2cc(CNc3nccnc3OCc3ccccc3)ccc21. The number of hydrogen-bond donors (Lipinski definition) is 1. The molecule has 0 atom stereocenters. The molecule has 1 aliphatic heterocycles. The summed E-state index contributed by atoms with van der Waals surface area (Å²) in [6.07, 6.45) is 3.20. The van der Waals surface area contributed by atoms with Crippen LogP contribution < -0.4 is 19.9 Å². The van der Waals surface area contributed by atoms with Crippen molar-refractivity contribution in [2.45, 2.75) is 33.9 Å². The summed E-state index contributed by atoms with van der Waals surface area (Å²) >= 11 is 0. The van der Waals surface area contributed by atoms with Gasteiger partial charge in [0.15, 0.2) is 5.82 Å². The highest BCUT2D eigenvalue weighted by Crippen LogP contribution is 2.38. The van der Waals surface area contributed by atoms with Gasteiger partial charge in [0.25, 0.3) is 5.88 Å². The second kappa shape index (κ2) is 9.51. The third kappa shape index (κ3) is 4.44. The highest BCUT2D eigenvalue weighted by Gasteiger charge is 2.45. The number of nitrogens with zero attached hydrogens (tertiary/aromatic N) is 4. The molecule has 0 bridgehead atoms. The van der Waals surface area contributed by atoms with Crippen molar-refractivity contribution in [3.63, 3.8) is 0 Å². The number of amides is 2. The van der Waals surface area contributed by atoms with E-state index in [-0.39, 0.29) is 11.8 Å². The average Bonchev–Trinajstić information content (AvgIpc) is 2.91. The van der Waals surface area contributed by atoms with Crippen LogP contribution >= 0.6 is 0 Å². The lowest BCUT2D eigenvalue weighted by Crippen LogP contribution is -2.47. The van der Waals surface area contributed by atoms with Crippen LogP contribution in [0.15, 0.2) is 60.9 Å². The monoisotopic (exact) mass is 459 g/mol. The summed E-state index contributed by atoms with van der Waals surface area (Å²) in [6.45, 7) is 6.58. The van der Waals surface area contributed by atoms with Crippen molar-refractivity contribution in [1.82, 2.24) is 9.97 Å². The maximum absolute atomic E-state index is 13.1. The van der Waals surface area contributed by atoms with E-state index < -0.39 is 5.41 Å². The molecule has 0 unspecified atom stereocenters. The van der Waals surface area contributed by atoms with E-state index in [1.165, 1.54) is 0 Å². The molecule has 2 heterocycles. The standard InChI is InChI=1S/C26H29N5O3/c1-5-31-20-12-11-19(15-21(20)30(4)24(32)26(2,3)25(31)33)16-29-22-23(28-14-13-27-22)34-17-18-9-7-6-8-10-18/h6-15H,5,16-17H2,1-4H3,(H,27,29). The summed E-state index contributed by atoms with van der Waals surface area (Å²) < 4.78 is 5.88. The molecule has 1 aliphatic rings. The minimum absolute atomic E-state index is 0.198. The smallest absolute Gasteiger partial charge is 0.257 e. The van der Waals surface area contributed by atoms with Gasteiger partial charge in [-0.1, -0.05) is 36.4 Å². The van der Waals surface area contributed by atoms with Crippen LogP contribution in [0.2, 0.25) is 0 Å². The average molecular weight is 460 g/mol. The fourth-order valence-electron chi connectivity index (χ4n) is 4.02. The highest BCUT2D eigenvalue weighted by atomic mass is 16.5. The number of benzene rings is 2. The van der Waals surface area contributed by atoms with Crippen molar-refractivity contribution in [2.75, 3.05) is 28.7 Å². The summed E-state index contributed by atoms with van der Waals surface area (Å²) in [5.41, 5.74) is 2.26. The van der Waals surface area contributed by atoms with Crippen LogP contribution in [0.3, 0.4) is 0 Å². The maximum atomic E-state index is 13.1. The number of nitrogens with one attached hydrogen (secondary N) is 1. The van der Waals surface area contributed by atoms with Crippen molar-refractivity contribution < 1.29 is 14.3 Å². The Morgan fingerprint density at radius 1 is 0.941 bits per heavy atom. The first kappa shape index (κ1) is 23.2. The predicted molar refractivity (Wildman–Crippen MR) is 132 cm³/mol. The van der Waals surface area contributed by atoms with Crippen LogP contribution in [0.4, 0.5) is 17.2 Å². The Balaban J connectivity index is 1.54. The molecule has 8 nitrogen and oxygen atoms in total. The zero-order valence-corrected chi connectivity index (χ0v) is 19.9. The molecule has 1 N–H and O–H groups in total. The quantitative estimate of drug-likeness (QED) is 0.537. The summed E-state index contributed by atoms with van der Waals surface area (Å²) in [5.74, 6) is 0.517. The molecule has 0 saturated heterocycles. The van der Waals surface area contributed by atoms with E-state index in [9.17, 15) is 9.59 Å². The molecule has 0 fully saturated rings. The number of carbonyl (C=O) groups is 2. The molecule has 0 spiro atoms. The number of aromatic nitrogens is 2. The minimum atomic E-state index is -1.13. The fraction of sp³-hybridized carbons (Fsp3) is 0.308. The normalized spacial score (nSPS) is 15.1. The molecule has 2 aromatic carbocycles. The van der Waals surface area contributed by atoms with Gasteiger partial charge < -0.3 is 19.9 Å². The van der Waals surface area contributed by atoms with Crippen LogP contribution in [0, 0.1) is 5.41 Å². The van der Waals surface area contributed by atoms with E-state index in [1.54, 1.807) is 43.1 Å². The maximum Gasteiger partial charge on any atom is 0.257 e. The van der Waals surface area contributed by atoms with Crippen LogP contribution in [0.25, 0.3) is 0 Å². The van der Waals surface area contributed by atoms with Gasteiger partial charge in [-0.05, 0) is 44.0 Å². The van der Waals surface area contributed by atoms with Crippen LogP contribution in [-0.2, 0) is 22.7 Å². The van der Waals surface area contributed by atoms with Gasteiger partial charge >= 0.3 is 0 Å². The van der Waals surface area contributed by atoms with Gasteiger partial charge in [-0.25, -0.2) is 9.97 Å². The first-order chi connectivity index (χ1) is 16.3. The van der Waals surface area contributed by atoms with Gasteiger partial charge in [0.1, 0.15) is 12.0 Å². The molecule has 1 aromatic heterocycles. The molecule has 0 aliphatic carbocycles. The molecule has 0 saturated carbocycles. The van der Waals surface area contributed by atoms with Crippen molar-refractivity contribution in [2.24, 2.45) is 5.41 Å². The van der Waals surface area contributed by atoms with Crippen molar-refractivity contribution in [3.05, 3.63) is 72.1 Å². The summed E-state index contributed by atoms with van der Waals surface area (Å²) in [6, 6.07) is 15.6. The fourth-order valence-corrected chi connectivity index (χ4v) is 4.02. The van der Waals surface area contributed by atoms with Crippen LogP contribution in [-0.4, -0.2) is 35.4 Å². The van der Waals surface area contributed by atoms with Gasteiger partial charge in [-0.15, -0.1) is 0 Å². The summed E-state index contributed by atoms with van der Waals surface area (Å²) in [5, 5.41) is 3.28. The lowest BCUT2D eigenvalue weighted by atomic mass is 9.90. The van der Waals surface area contributed by atoms with Crippen molar-refractivity contribution in [1.29, 1.82) is 0 Å². The van der Waals surface area contributed by atoms with E-state index >= 15 is 0 Å². The summed E-state index contributed by atoms with van der Waals surface area (Å²) in [4.78, 5) is 38.0. The zero-order chi connectivity index (χ0) is 24.3. The Kier molecular flexibility index (Phi) is 6.49. The first-order valence-corrected chi connectivity index (χ1v) is 11.3. The Morgan fingerprint density at radius 2 is 1.68 bits per heavy atom. The van der Waals surface area contributed by atoms with Crippen molar-refractivity contribution in [3.8, 4) is 5.88 Å². The van der Waals surface area contributed by atoms with E-state index in [4.69, 9.17) is 4.74 Å². The predicted octanol–water partition coefficient (Wildman–Crippen LogP) is 4.02.